The summed E-state index contributed by atoms with van der Waals surface area (Å²) in [5, 5.41) is 8.47. The maximum atomic E-state index is 11.7. The SMILES string of the molecule is CSC1(CNS(=O)(=O)CCCC(=O)O)CCCC1. The average Bonchev–Trinajstić information content (AvgIpc) is 2.75. The van der Waals surface area contributed by atoms with Crippen molar-refractivity contribution >= 4 is 27.8 Å². The summed E-state index contributed by atoms with van der Waals surface area (Å²) in [5.74, 6) is -1.06. The summed E-state index contributed by atoms with van der Waals surface area (Å²) in [6.07, 6.45) is 6.48. The molecule has 0 aliphatic heterocycles. The quantitative estimate of drug-likeness (QED) is 0.708. The smallest absolute Gasteiger partial charge is 0.303 e. The van der Waals surface area contributed by atoms with Crippen LogP contribution >= 0.6 is 11.8 Å². The Hall–Kier alpha value is -0.270. The van der Waals surface area contributed by atoms with Crippen molar-refractivity contribution in [3.05, 3.63) is 0 Å². The van der Waals surface area contributed by atoms with Gasteiger partial charge in [-0.3, -0.25) is 4.79 Å². The van der Waals surface area contributed by atoms with Gasteiger partial charge in [0.25, 0.3) is 0 Å². The van der Waals surface area contributed by atoms with Gasteiger partial charge in [-0.2, -0.15) is 11.8 Å². The number of sulfonamides is 1. The van der Waals surface area contributed by atoms with E-state index >= 15 is 0 Å². The molecule has 7 heteroatoms. The van der Waals surface area contributed by atoms with Crippen molar-refractivity contribution in [1.29, 1.82) is 0 Å². The minimum absolute atomic E-state index is 0.0415. The van der Waals surface area contributed by atoms with Gasteiger partial charge in [0.15, 0.2) is 0 Å². The predicted molar refractivity (Wildman–Crippen MR) is 73.4 cm³/mol. The Morgan fingerprint density at radius 1 is 1.39 bits per heavy atom. The van der Waals surface area contributed by atoms with Gasteiger partial charge in [0.05, 0.1) is 5.75 Å². The number of hydrogen-bond donors (Lipinski definition) is 2. The lowest BCUT2D eigenvalue weighted by molar-refractivity contribution is -0.137. The Morgan fingerprint density at radius 2 is 2.00 bits per heavy atom. The predicted octanol–water partition coefficient (Wildman–Crippen LogP) is 1.45. The highest BCUT2D eigenvalue weighted by Gasteiger charge is 2.33. The fourth-order valence-electron chi connectivity index (χ4n) is 2.20. The van der Waals surface area contributed by atoms with E-state index in [1.54, 1.807) is 11.8 Å². The first-order valence-corrected chi connectivity index (χ1v) is 9.01. The van der Waals surface area contributed by atoms with E-state index in [-0.39, 0.29) is 23.3 Å². The van der Waals surface area contributed by atoms with Gasteiger partial charge in [-0.15, -0.1) is 0 Å². The Bertz CT molecular complexity index is 375. The number of carbonyl (C=O) groups is 1. The minimum atomic E-state index is -3.34. The van der Waals surface area contributed by atoms with Crippen LogP contribution in [0.5, 0.6) is 0 Å². The monoisotopic (exact) mass is 295 g/mol. The molecule has 1 aliphatic carbocycles. The van der Waals surface area contributed by atoms with Crippen LogP contribution in [0.2, 0.25) is 0 Å². The molecule has 5 nitrogen and oxygen atoms in total. The van der Waals surface area contributed by atoms with E-state index < -0.39 is 16.0 Å². The van der Waals surface area contributed by atoms with Gasteiger partial charge in [0.2, 0.25) is 10.0 Å². The first-order valence-electron chi connectivity index (χ1n) is 6.13. The number of nitrogens with one attached hydrogen (secondary N) is 1. The van der Waals surface area contributed by atoms with E-state index in [1.165, 1.54) is 0 Å². The molecule has 0 radical (unpaired) electrons. The lowest BCUT2D eigenvalue weighted by Gasteiger charge is -2.26. The first-order chi connectivity index (χ1) is 8.39. The van der Waals surface area contributed by atoms with E-state index in [0.29, 0.717) is 6.54 Å². The van der Waals surface area contributed by atoms with Crippen LogP contribution in [0.1, 0.15) is 38.5 Å². The van der Waals surface area contributed by atoms with Gasteiger partial charge < -0.3 is 5.11 Å². The van der Waals surface area contributed by atoms with Gasteiger partial charge >= 0.3 is 5.97 Å². The Morgan fingerprint density at radius 3 is 2.50 bits per heavy atom. The van der Waals surface area contributed by atoms with Crippen LogP contribution in [0.4, 0.5) is 0 Å². The molecule has 0 amide bonds. The molecule has 0 aromatic rings. The molecule has 1 aliphatic rings. The lowest BCUT2D eigenvalue weighted by Crippen LogP contribution is -2.39. The molecule has 0 atom stereocenters. The Kier molecular flexibility index (Phi) is 5.94. The molecular formula is C11H21NO4S2. The molecule has 0 bridgehead atoms. The van der Waals surface area contributed by atoms with Gasteiger partial charge in [0, 0.05) is 17.7 Å². The topological polar surface area (TPSA) is 83.5 Å². The average molecular weight is 295 g/mol. The van der Waals surface area contributed by atoms with Crippen LogP contribution in [0.15, 0.2) is 0 Å². The highest BCUT2D eigenvalue weighted by molar-refractivity contribution is 8.00. The maximum Gasteiger partial charge on any atom is 0.303 e. The second-order valence-corrected chi connectivity index (χ2v) is 7.93. The second kappa shape index (κ2) is 6.77. The van der Waals surface area contributed by atoms with Crippen molar-refractivity contribution in [3.8, 4) is 0 Å². The third-order valence-corrected chi connectivity index (χ3v) is 6.19. The molecule has 0 aromatic heterocycles. The van der Waals surface area contributed by atoms with Gasteiger partial charge in [-0.1, -0.05) is 12.8 Å². The molecule has 106 valence electrons. The number of carboxylic acid groups (broad SMARTS) is 1. The fraction of sp³-hybridized carbons (Fsp3) is 0.909. The zero-order valence-corrected chi connectivity index (χ0v) is 12.3. The summed E-state index contributed by atoms with van der Waals surface area (Å²) in [7, 11) is -3.34. The number of thioether (sulfide) groups is 1. The van der Waals surface area contributed by atoms with Crippen molar-refractivity contribution in [3.63, 3.8) is 0 Å². The van der Waals surface area contributed by atoms with Crippen LogP contribution in [0, 0.1) is 0 Å². The zero-order chi connectivity index (χ0) is 13.6. The van der Waals surface area contributed by atoms with E-state index in [9.17, 15) is 13.2 Å². The van der Waals surface area contributed by atoms with Crippen molar-refractivity contribution in [2.75, 3.05) is 18.6 Å². The van der Waals surface area contributed by atoms with Crippen molar-refractivity contribution in [2.45, 2.75) is 43.3 Å². The molecule has 18 heavy (non-hydrogen) atoms. The van der Waals surface area contributed by atoms with E-state index in [2.05, 4.69) is 4.72 Å². The maximum absolute atomic E-state index is 11.7. The molecule has 0 spiro atoms. The van der Waals surface area contributed by atoms with Crippen LogP contribution < -0.4 is 4.72 Å². The standard InChI is InChI=1S/C11H21NO4S2/c1-17-11(6-2-3-7-11)9-12-18(15,16)8-4-5-10(13)14/h12H,2-9H2,1H3,(H,13,14). The third-order valence-electron chi connectivity index (χ3n) is 3.37. The normalized spacial score (nSPS) is 18.9. The molecule has 1 saturated carbocycles. The molecule has 0 unspecified atom stereocenters. The van der Waals surface area contributed by atoms with Gasteiger partial charge in [-0.25, -0.2) is 13.1 Å². The van der Waals surface area contributed by atoms with E-state index in [0.717, 1.165) is 25.7 Å². The fourth-order valence-corrected chi connectivity index (χ4v) is 4.37. The summed E-state index contributed by atoms with van der Waals surface area (Å²) in [6.45, 7) is 0.462. The Balaban J connectivity index is 2.38. The third kappa shape index (κ3) is 5.16. The highest BCUT2D eigenvalue weighted by atomic mass is 32.2. The highest BCUT2D eigenvalue weighted by Crippen LogP contribution is 2.39. The van der Waals surface area contributed by atoms with Gasteiger partial charge in [-0.05, 0) is 25.5 Å². The molecular weight excluding hydrogens is 274 g/mol. The number of carboxylic acids is 1. The summed E-state index contributed by atoms with van der Waals surface area (Å²) in [6, 6.07) is 0. The summed E-state index contributed by atoms with van der Waals surface area (Å²) < 4.78 is 26.1. The van der Waals surface area contributed by atoms with Crippen LogP contribution in [0.25, 0.3) is 0 Å². The van der Waals surface area contributed by atoms with Crippen molar-refractivity contribution in [1.82, 2.24) is 4.72 Å². The van der Waals surface area contributed by atoms with Crippen LogP contribution in [-0.4, -0.2) is 42.8 Å². The van der Waals surface area contributed by atoms with Crippen LogP contribution in [-0.2, 0) is 14.8 Å². The summed E-state index contributed by atoms with van der Waals surface area (Å²) in [5.41, 5.74) is 0. The minimum Gasteiger partial charge on any atom is -0.481 e. The van der Waals surface area contributed by atoms with E-state index in [4.69, 9.17) is 5.11 Å². The number of hydrogen-bond acceptors (Lipinski definition) is 4. The molecule has 2 N–H and O–H groups in total. The van der Waals surface area contributed by atoms with Crippen molar-refractivity contribution < 1.29 is 18.3 Å². The molecule has 1 rings (SSSR count). The largest absolute Gasteiger partial charge is 0.481 e. The van der Waals surface area contributed by atoms with E-state index in [1.807, 2.05) is 6.26 Å². The lowest BCUT2D eigenvalue weighted by atomic mass is 10.1. The summed E-state index contributed by atoms with van der Waals surface area (Å²) in [4.78, 5) is 10.3. The molecule has 1 fully saturated rings. The Labute approximate surface area is 113 Å². The second-order valence-electron chi connectivity index (χ2n) is 4.73. The zero-order valence-electron chi connectivity index (χ0n) is 10.6. The van der Waals surface area contributed by atoms with Gasteiger partial charge in [0.1, 0.15) is 0 Å². The molecule has 0 heterocycles. The first kappa shape index (κ1) is 15.8. The molecule has 0 aromatic carbocycles. The van der Waals surface area contributed by atoms with Crippen LogP contribution in [0.3, 0.4) is 0 Å². The summed E-state index contributed by atoms with van der Waals surface area (Å²) >= 11 is 1.73. The molecule has 0 saturated heterocycles. The number of aliphatic carboxylic acids is 1. The van der Waals surface area contributed by atoms with Crippen molar-refractivity contribution in [2.24, 2.45) is 0 Å². The number of rotatable bonds is 8.